The third kappa shape index (κ3) is 4.88. The first-order valence-corrected chi connectivity index (χ1v) is 13.8. The average Bonchev–Trinajstić information content (AvgIpc) is 3.46. The number of sulfonamides is 1. The van der Waals surface area contributed by atoms with Crippen LogP contribution in [0.3, 0.4) is 0 Å². The lowest BCUT2D eigenvalue weighted by atomic mass is 9.79. The Morgan fingerprint density at radius 2 is 1.68 bits per heavy atom. The quantitative estimate of drug-likeness (QED) is 0.450. The van der Waals surface area contributed by atoms with E-state index in [2.05, 4.69) is 10.5 Å². The zero-order chi connectivity index (χ0) is 27.3. The molecule has 1 saturated carbocycles. The molecule has 0 saturated heterocycles. The Hall–Kier alpha value is -3.44. The number of quaternary nitrogens is 1. The SMILES string of the molecule is [NH3+]S(=O)(=O)c1ccc(CNC(=O)N2CC3(CCCC3)c3cc(-c4cc(F)ccc4C(F)(F)F)ccc32)cc1. The molecule has 1 fully saturated rings. The van der Waals surface area contributed by atoms with Gasteiger partial charge in [-0.05, 0) is 77.6 Å². The highest BCUT2D eigenvalue weighted by atomic mass is 32.2. The third-order valence-electron chi connectivity index (χ3n) is 7.45. The first-order chi connectivity index (χ1) is 17.9. The Bertz CT molecular complexity index is 1500. The second-order valence-electron chi connectivity index (χ2n) is 9.91. The van der Waals surface area contributed by atoms with Crippen molar-refractivity contribution in [1.82, 2.24) is 5.32 Å². The summed E-state index contributed by atoms with van der Waals surface area (Å²) in [6.45, 7) is 0.553. The van der Waals surface area contributed by atoms with Gasteiger partial charge in [0.1, 0.15) is 10.7 Å². The maximum atomic E-state index is 14.0. The molecule has 0 unspecified atom stereocenters. The number of nitrogens with one attached hydrogen (secondary N) is 1. The van der Waals surface area contributed by atoms with Gasteiger partial charge in [-0.25, -0.2) is 14.3 Å². The van der Waals surface area contributed by atoms with E-state index in [1.807, 2.05) is 0 Å². The fourth-order valence-corrected chi connectivity index (χ4v) is 6.14. The van der Waals surface area contributed by atoms with Crippen molar-refractivity contribution in [2.45, 2.75) is 48.7 Å². The first-order valence-electron chi connectivity index (χ1n) is 12.1. The number of hydrogen-bond acceptors (Lipinski definition) is 3. The maximum absolute atomic E-state index is 14.0. The molecule has 0 atom stereocenters. The predicted molar refractivity (Wildman–Crippen MR) is 133 cm³/mol. The Morgan fingerprint density at radius 1 is 1.00 bits per heavy atom. The summed E-state index contributed by atoms with van der Waals surface area (Å²) in [7, 11) is -3.58. The Morgan fingerprint density at radius 3 is 2.32 bits per heavy atom. The van der Waals surface area contributed by atoms with Gasteiger partial charge < -0.3 is 5.32 Å². The number of carbonyl (C=O) groups is 1. The highest BCUT2D eigenvalue weighted by Crippen LogP contribution is 2.52. The van der Waals surface area contributed by atoms with Crippen molar-refractivity contribution in [2.75, 3.05) is 11.4 Å². The summed E-state index contributed by atoms with van der Waals surface area (Å²) >= 11 is 0. The van der Waals surface area contributed by atoms with Gasteiger partial charge in [0.2, 0.25) is 0 Å². The van der Waals surface area contributed by atoms with Crippen LogP contribution >= 0.6 is 0 Å². The van der Waals surface area contributed by atoms with Crippen molar-refractivity contribution in [2.24, 2.45) is 0 Å². The summed E-state index contributed by atoms with van der Waals surface area (Å²) in [5.74, 6) is -0.758. The van der Waals surface area contributed by atoms with Crippen LogP contribution in [0.4, 0.5) is 28.0 Å². The Labute approximate surface area is 217 Å². The van der Waals surface area contributed by atoms with E-state index >= 15 is 0 Å². The zero-order valence-electron chi connectivity index (χ0n) is 20.3. The molecule has 4 N–H and O–H groups in total. The summed E-state index contributed by atoms with van der Waals surface area (Å²) in [4.78, 5) is 14.9. The number of alkyl halides is 3. The van der Waals surface area contributed by atoms with Gasteiger partial charge in [-0.3, -0.25) is 4.90 Å². The monoisotopic (exact) mass is 548 g/mol. The molecule has 0 bridgehead atoms. The lowest BCUT2D eigenvalue weighted by Gasteiger charge is -2.25. The fraction of sp³-hybridized carbons (Fsp3) is 0.296. The Balaban J connectivity index is 1.44. The van der Waals surface area contributed by atoms with Crippen LogP contribution < -0.4 is 15.4 Å². The highest BCUT2D eigenvalue weighted by Gasteiger charge is 2.46. The van der Waals surface area contributed by atoms with Crippen LogP contribution in [0.2, 0.25) is 0 Å². The molecule has 3 aromatic carbocycles. The minimum atomic E-state index is -4.64. The number of carbonyl (C=O) groups excluding carboxylic acids is 1. The first kappa shape index (κ1) is 26.2. The van der Waals surface area contributed by atoms with Gasteiger partial charge in [0.25, 0.3) is 0 Å². The molecule has 0 radical (unpaired) electrons. The van der Waals surface area contributed by atoms with E-state index in [9.17, 15) is 30.8 Å². The van der Waals surface area contributed by atoms with Crippen molar-refractivity contribution < 1.29 is 35.9 Å². The lowest BCUT2D eigenvalue weighted by Crippen LogP contribution is -2.56. The number of benzene rings is 3. The van der Waals surface area contributed by atoms with E-state index in [1.54, 1.807) is 29.2 Å². The number of amides is 2. The van der Waals surface area contributed by atoms with Gasteiger partial charge in [-0.2, -0.15) is 21.6 Å². The Kier molecular flexibility index (Phi) is 6.47. The number of urea groups is 1. The lowest BCUT2D eigenvalue weighted by molar-refractivity contribution is -0.165. The molecule has 38 heavy (non-hydrogen) atoms. The second-order valence-corrected chi connectivity index (χ2v) is 11.6. The molecule has 0 aromatic heterocycles. The van der Waals surface area contributed by atoms with Crippen LogP contribution in [0.5, 0.6) is 0 Å². The van der Waals surface area contributed by atoms with E-state index < -0.39 is 27.6 Å². The average molecular weight is 549 g/mol. The third-order valence-corrected chi connectivity index (χ3v) is 8.44. The molecule has 2 amide bonds. The molecular weight excluding hydrogens is 522 g/mol. The molecule has 6 nitrogen and oxygen atoms in total. The van der Waals surface area contributed by atoms with Crippen LogP contribution in [0.1, 0.15) is 42.4 Å². The van der Waals surface area contributed by atoms with Crippen LogP contribution in [0.25, 0.3) is 11.1 Å². The fourth-order valence-electron chi connectivity index (χ4n) is 5.59. The van der Waals surface area contributed by atoms with Gasteiger partial charge in [-0.15, -0.1) is 0 Å². The van der Waals surface area contributed by atoms with E-state index in [0.29, 0.717) is 17.8 Å². The van der Waals surface area contributed by atoms with Crippen LogP contribution in [0.15, 0.2) is 65.6 Å². The van der Waals surface area contributed by atoms with Crippen molar-refractivity contribution in [3.63, 3.8) is 0 Å². The maximum Gasteiger partial charge on any atom is 0.417 e. The zero-order valence-corrected chi connectivity index (χ0v) is 21.1. The largest absolute Gasteiger partial charge is 0.417 e. The molecule has 5 rings (SSSR count). The van der Waals surface area contributed by atoms with Gasteiger partial charge in [0.05, 0.1) is 5.56 Å². The normalized spacial score (nSPS) is 16.6. The molecular formula is C27H26F4N3O3S+. The van der Waals surface area contributed by atoms with Crippen LogP contribution in [-0.2, 0) is 28.2 Å². The number of halogens is 4. The molecule has 11 heteroatoms. The number of rotatable bonds is 4. The number of hydrogen-bond donors (Lipinski definition) is 2. The standard InChI is InChI=1S/C27H25F4N3O3S/c28-19-6-9-22(27(29,30)31)21(14-19)18-5-10-24-23(13-18)26(11-1-2-12-26)16-34(24)25(35)33-15-17-3-7-20(8-4-17)38(32,36)37/h3-10,13-14H,1-2,11-12,15-16H2,(H,33,35)(H2,32,36,37)/p+1. The van der Waals surface area contributed by atoms with Gasteiger partial charge in [-0.1, -0.05) is 31.0 Å². The van der Waals surface area contributed by atoms with E-state index in [-0.39, 0.29) is 34.0 Å². The van der Waals surface area contributed by atoms with Crippen molar-refractivity contribution in [3.05, 3.63) is 83.2 Å². The minimum Gasteiger partial charge on any atom is -0.334 e. The van der Waals surface area contributed by atoms with Crippen LogP contribution in [-0.4, -0.2) is 21.0 Å². The van der Waals surface area contributed by atoms with E-state index in [4.69, 9.17) is 0 Å². The van der Waals surface area contributed by atoms with E-state index in [1.165, 1.54) is 18.2 Å². The van der Waals surface area contributed by atoms with Crippen molar-refractivity contribution in [1.29, 1.82) is 0 Å². The van der Waals surface area contributed by atoms with Crippen LogP contribution in [0, 0.1) is 5.82 Å². The number of nitrogens with zero attached hydrogens (tertiary/aromatic N) is 1. The molecule has 1 heterocycles. The summed E-state index contributed by atoms with van der Waals surface area (Å²) in [6, 6.07) is 12.9. The summed E-state index contributed by atoms with van der Waals surface area (Å²) in [6.07, 6.45) is -1.18. The summed E-state index contributed by atoms with van der Waals surface area (Å²) in [5, 5.41) is 5.97. The van der Waals surface area contributed by atoms with E-state index in [0.717, 1.165) is 49.4 Å². The molecule has 200 valence electrons. The van der Waals surface area contributed by atoms with Gasteiger partial charge in [0.15, 0.2) is 0 Å². The summed E-state index contributed by atoms with van der Waals surface area (Å²) in [5.41, 5.74) is 0.847. The number of fused-ring (bicyclic) bond motifs is 2. The molecule has 1 aliphatic heterocycles. The second kappa shape index (κ2) is 9.39. The van der Waals surface area contributed by atoms with Gasteiger partial charge in [0, 0.05) is 24.2 Å². The number of anilines is 1. The molecule has 2 aliphatic rings. The van der Waals surface area contributed by atoms with Crippen molar-refractivity contribution in [3.8, 4) is 11.1 Å². The predicted octanol–water partition coefficient (Wildman–Crippen LogP) is 4.98. The molecule has 1 aliphatic carbocycles. The smallest absolute Gasteiger partial charge is 0.334 e. The van der Waals surface area contributed by atoms with Gasteiger partial charge >= 0.3 is 22.2 Å². The minimum absolute atomic E-state index is 0.0759. The van der Waals surface area contributed by atoms with Crippen molar-refractivity contribution >= 4 is 21.7 Å². The highest BCUT2D eigenvalue weighted by molar-refractivity contribution is 7.84. The summed E-state index contributed by atoms with van der Waals surface area (Å²) < 4.78 is 78.2. The molecule has 3 aromatic rings. The molecule has 1 spiro atoms. The topological polar surface area (TPSA) is 94.1 Å².